The van der Waals surface area contributed by atoms with Gasteiger partial charge in [-0.25, -0.2) is 0 Å². The van der Waals surface area contributed by atoms with Gasteiger partial charge in [-0.3, -0.25) is 0 Å². The van der Waals surface area contributed by atoms with E-state index in [0.717, 1.165) is 30.1 Å². The van der Waals surface area contributed by atoms with Crippen LogP contribution in [0.4, 0.5) is 0 Å². The summed E-state index contributed by atoms with van der Waals surface area (Å²) in [6, 6.07) is 0. The van der Waals surface area contributed by atoms with Crippen molar-refractivity contribution >= 4 is 0 Å². The Hall–Kier alpha value is -0.300. The number of hydrogen-bond acceptors (Lipinski definition) is 1. The summed E-state index contributed by atoms with van der Waals surface area (Å²) in [4.78, 5) is 0. The lowest BCUT2D eigenvalue weighted by Gasteiger charge is -2.62. The van der Waals surface area contributed by atoms with Crippen LogP contribution in [0.15, 0.2) is 11.6 Å². The van der Waals surface area contributed by atoms with E-state index in [9.17, 15) is 0 Å². The van der Waals surface area contributed by atoms with Crippen molar-refractivity contribution in [3.8, 4) is 0 Å². The van der Waals surface area contributed by atoms with E-state index in [1.807, 2.05) is 27.7 Å². The zero-order chi connectivity index (χ0) is 25.1. The van der Waals surface area contributed by atoms with Gasteiger partial charge in [0.15, 0.2) is 0 Å². The maximum absolute atomic E-state index is 7.48. The first-order valence-electron chi connectivity index (χ1n) is 15.0. The van der Waals surface area contributed by atoms with Crippen LogP contribution in [0.3, 0.4) is 0 Å². The third-order valence-corrected chi connectivity index (χ3v) is 11.3. The SMILES string of the molecule is CC.CC.CC(C)C(C)(C)CCCC1CCC2C1(C)CCC1C3(C)CCCCC3=CCC12N. The van der Waals surface area contributed by atoms with Crippen molar-refractivity contribution in [2.24, 2.45) is 45.7 Å². The summed E-state index contributed by atoms with van der Waals surface area (Å²) < 4.78 is 0. The zero-order valence-corrected chi connectivity index (χ0v) is 24.4. The monoisotopic (exact) mass is 459 g/mol. The third-order valence-electron chi connectivity index (χ3n) is 11.3. The first kappa shape index (κ1) is 28.9. The van der Waals surface area contributed by atoms with Crippen molar-refractivity contribution in [3.63, 3.8) is 0 Å². The van der Waals surface area contributed by atoms with E-state index < -0.39 is 0 Å². The number of allylic oxidation sites excluding steroid dienone is 1. The van der Waals surface area contributed by atoms with E-state index >= 15 is 0 Å². The van der Waals surface area contributed by atoms with Crippen LogP contribution in [0, 0.1) is 39.9 Å². The molecule has 0 saturated heterocycles. The topological polar surface area (TPSA) is 26.0 Å². The molecule has 0 aromatic carbocycles. The highest BCUT2D eigenvalue weighted by Gasteiger charge is 2.63. The molecule has 2 N–H and O–H groups in total. The van der Waals surface area contributed by atoms with Gasteiger partial charge < -0.3 is 5.73 Å². The van der Waals surface area contributed by atoms with Crippen LogP contribution in [-0.2, 0) is 0 Å². The van der Waals surface area contributed by atoms with E-state index in [1.54, 1.807) is 5.57 Å². The molecule has 4 aliphatic rings. The van der Waals surface area contributed by atoms with Crippen LogP contribution in [0.25, 0.3) is 0 Å². The minimum absolute atomic E-state index is 0.0640. The second-order valence-corrected chi connectivity index (χ2v) is 13.1. The highest BCUT2D eigenvalue weighted by Crippen LogP contribution is 2.67. The van der Waals surface area contributed by atoms with Crippen molar-refractivity contribution < 1.29 is 0 Å². The van der Waals surface area contributed by atoms with Gasteiger partial charge in [0.05, 0.1) is 0 Å². The average Bonchev–Trinajstić information content (AvgIpc) is 3.13. The van der Waals surface area contributed by atoms with Crippen molar-refractivity contribution in [3.05, 3.63) is 11.6 Å². The summed E-state index contributed by atoms with van der Waals surface area (Å²) in [7, 11) is 0. The molecule has 3 fully saturated rings. The molecule has 1 nitrogen and oxygen atoms in total. The molecule has 0 radical (unpaired) electrons. The van der Waals surface area contributed by atoms with Crippen LogP contribution in [-0.4, -0.2) is 5.54 Å². The molecule has 6 unspecified atom stereocenters. The summed E-state index contributed by atoms with van der Waals surface area (Å²) in [6.45, 7) is 23.0. The molecular formula is C32H61N. The normalized spacial score (nSPS) is 39.8. The molecule has 194 valence electrons. The Morgan fingerprint density at radius 3 is 2.27 bits per heavy atom. The van der Waals surface area contributed by atoms with E-state index in [1.165, 1.54) is 70.6 Å². The van der Waals surface area contributed by atoms with E-state index in [4.69, 9.17) is 5.73 Å². The maximum atomic E-state index is 7.48. The van der Waals surface area contributed by atoms with Crippen molar-refractivity contribution in [1.29, 1.82) is 0 Å². The van der Waals surface area contributed by atoms with Gasteiger partial charge in [-0.2, -0.15) is 0 Å². The van der Waals surface area contributed by atoms with Crippen LogP contribution in [0.5, 0.6) is 0 Å². The standard InChI is InChI=1S/C28H49N.2C2H6/c1-20(2)25(3,4)16-9-11-21-12-13-23-27(21,6)18-15-24-26(5)17-8-7-10-22(26)14-19-28(23,24)29;2*1-2/h14,20-21,23-24H,7-13,15-19,29H2,1-6H3;2*1-2H3. The van der Waals surface area contributed by atoms with Gasteiger partial charge in [-0.1, -0.05) is 93.7 Å². The highest BCUT2D eigenvalue weighted by molar-refractivity contribution is 5.29. The minimum atomic E-state index is 0.0640. The summed E-state index contributed by atoms with van der Waals surface area (Å²) in [5, 5.41) is 0. The zero-order valence-electron chi connectivity index (χ0n) is 24.4. The Bertz CT molecular complexity index is 645. The molecule has 0 bridgehead atoms. The molecule has 4 rings (SSSR count). The molecule has 0 heterocycles. The van der Waals surface area contributed by atoms with E-state index in [-0.39, 0.29) is 5.54 Å². The lowest BCUT2D eigenvalue weighted by atomic mass is 9.44. The largest absolute Gasteiger partial charge is 0.324 e. The molecular weight excluding hydrogens is 398 g/mol. The summed E-state index contributed by atoms with van der Waals surface area (Å²) in [6.07, 6.45) is 19.2. The molecule has 0 amide bonds. The number of rotatable bonds is 5. The quantitative estimate of drug-likeness (QED) is 0.406. The van der Waals surface area contributed by atoms with Gasteiger partial charge in [0.2, 0.25) is 0 Å². The molecule has 3 saturated carbocycles. The molecule has 33 heavy (non-hydrogen) atoms. The van der Waals surface area contributed by atoms with Gasteiger partial charge >= 0.3 is 0 Å². The molecule has 0 aromatic rings. The predicted octanol–water partition coefficient (Wildman–Crippen LogP) is 9.94. The van der Waals surface area contributed by atoms with Gasteiger partial charge in [0, 0.05) is 5.54 Å². The minimum Gasteiger partial charge on any atom is -0.324 e. The van der Waals surface area contributed by atoms with Gasteiger partial charge in [0.1, 0.15) is 0 Å². The molecule has 4 aliphatic carbocycles. The van der Waals surface area contributed by atoms with E-state index in [0.29, 0.717) is 16.2 Å². The fourth-order valence-electron chi connectivity index (χ4n) is 8.59. The molecule has 6 atom stereocenters. The first-order valence-corrected chi connectivity index (χ1v) is 15.0. The molecule has 0 aliphatic heterocycles. The van der Waals surface area contributed by atoms with Crippen LogP contribution >= 0.6 is 0 Å². The second-order valence-electron chi connectivity index (χ2n) is 13.1. The molecule has 0 aromatic heterocycles. The third kappa shape index (κ3) is 5.15. The molecule has 0 spiro atoms. The van der Waals surface area contributed by atoms with Crippen molar-refractivity contribution in [1.82, 2.24) is 0 Å². The average molecular weight is 460 g/mol. The van der Waals surface area contributed by atoms with Crippen LogP contribution in [0.1, 0.15) is 146 Å². The number of nitrogens with two attached hydrogens (primary N) is 1. The fourth-order valence-corrected chi connectivity index (χ4v) is 8.59. The van der Waals surface area contributed by atoms with E-state index in [2.05, 4.69) is 47.6 Å². The van der Waals surface area contributed by atoms with Gasteiger partial charge in [-0.05, 0) is 104 Å². The smallest absolute Gasteiger partial charge is 0.0260 e. The van der Waals surface area contributed by atoms with Gasteiger partial charge in [0.25, 0.3) is 0 Å². The maximum Gasteiger partial charge on any atom is 0.0260 e. The first-order chi connectivity index (χ1) is 15.5. The van der Waals surface area contributed by atoms with Crippen molar-refractivity contribution in [2.45, 2.75) is 152 Å². The summed E-state index contributed by atoms with van der Waals surface area (Å²) in [5.74, 6) is 3.15. The number of fused-ring (bicyclic) bond motifs is 5. The number of hydrogen-bond donors (Lipinski definition) is 1. The van der Waals surface area contributed by atoms with Crippen LogP contribution < -0.4 is 5.73 Å². The lowest BCUT2D eigenvalue weighted by Crippen LogP contribution is -2.65. The summed E-state index contributed by atoms with van der Waals surface area (Å²) in [5.41, 5.74) is 10.7. The second kappa shape index (κ2) is 11.2. The van der Waals surface area contributed by atoms with Crippen molar-refractivity contribution in [2.75, 3.05) is 0 Å². The Kier molecular flexibility index (Phi) is 9.80. The fraction of sp³-hybridized carbons (Fsp3) is 0.938. The highest BCUT2D eigenvalue weighted by atomic mass is 14.9. The molecule has 1 heteroatoms. The van der Waals surface area contributed by atoms with Crippen LogP contribution in [0.2, 0.25) is 0 Å². The Morgan fingerprint density at radius 2 is 1.64 bits per heavy atom. The predicted molar refractivity (Wildman–Crippen MR) is 148 cm³/mol. The lowest BCUT2D eigenvalue weighted by molar-refractivity contribution is -0.0616. The summed E-state index contributed by atoms with van der Waals surface area (Å²) >= 11 is 0. The van der Waals surface area contributed by atoms with Gasteiger partial charge in [-0.15, -0.1) is 0 Å². The Morgan fingerprint density at radius 1 is 0.970 bits per heavy atom. The Labute approximate surface area is 209 Å². The Balaban J connectivity index is 0.000000914.